The second-order valence-corrected chi connectivity index (χ2v) is 5.47. The predicted molar refractivity (Wildman–Crippen MR) is 62.3 cm³/mol. The number of amides is 1. The fraction of sp³-hybridized carbons (Fsp3) is 0.833. The maximum absolute atomic E-state index is 11.8. The molecule has 2 rings (SSSR count). The first-order chi connectivity index (χ1) is 8.00. The van der Waals surface area contributed by atoms with Gasteiger partial charge in [0.25, 0.3) is 0 Å². The van der Waals surface area contributed by atoms with Gasteiger partial charge in [-0.25, -0.2) is 4.79 Å². The lowest BCUT2D eigenvalue weighted by Gasteiger charge is -2.24. The van der Waals surface area contributed by atoms with E-state index >= 15 is 0 Å². The standard InChI is InChI=1S/C12H20N2O3/c13-12(5-1-2-6-12)7-9(15)14-10(11(16)17)8-3-4-8/h8,10H,1-7,13H2,(H,14,15)(H,16,17). The van der Waals surface area contributed by atoms with Crippen molar-refractivity contribution in [1.29, 1.82) is 0 Å². The van der Waals surface area contributed by atoms with E-state index in [4.69, 9.17) is 10.8 Å². The summed E-state index contributed by atoms with van der Waals surface area (Å²) in [5.74, 6) is -1.03. The van der Waals surface area contributed by atoms with Crippen molar-refractivity contribution < 1.29 is 14.7 Å². The molecule has 2 aliphatic rings. The first-order valence-corrected chi connectivity index (χ1v) is 6.31. The Kier molecular flexibility index (Phi) is 3.38. The molecular formula is C12H20N2O3. The Hall–Kier alpha value is -1.10. The predicted octanol–water partition coefficient (Wildman–Crippen LogP) is 0.627. The topological polar surface area (TPSA) is 92.4 Å². The molecule has 1 atom stereocenters. The molecule has 1 amide bonds. The molecule has 0 aliphatic heterocycles. The van der Waals surface area contributed by atoms with E-state index in [9.17, 15) is 9.59 Å². The second kappa shape index (κ2) is 4.64. The number of carboxylic acids is 1. The van der Waals surface area contributed by atoms with Crippen LogP contribution in [0.4, 0.5) is 0 Å². The number of nitrogens with one attached hydrogen (secondary N) is 1. The highest BCUT2D eigenvalue weighted by atomic mass is 16.4. The average Bonchev–Trinajstić information content (AvgIpc) is 2.98. The van der Waals surface area contributed by atoms with Crippen LogP contribution in [-0.2, 0) is 9.59 Å². The number of carboxylic acid groups (broad SMARTS) is 1. The number of rotatable bonds is 5. The summed E-state index contributed by atoms with van der Waals surface area (Å²) in [7, 11) is 0. The number of carbonyl (C=O) groups is 2. The Bertz CT molecular complexity index is 320. The van der Waals surface area contributed by atoms with Gasteiger partial charge >= 0.3 is 5.97 Å². The molecule has 96 valence electrons. The molecule has 1 unspecified atom stereocenters. The highest BCUT2D eigenvalue weighted by Gasteiger charge is 2.39. The molecule has 0 saturated heterocycles. The van der Waals surface area contributed by atoms with Crippen LogP contribution in [0.2, 0.25) is 0 Å². The molecule has 0 bridgehead atoms. The number of carbonyl (C=O) groups excluding carboxylic acids is 1. The van der Waals surface area contributed by atoms with E-state index in [-0.39, 0.29) is 18.2 Å². The minimum absolute atomic E-state index is 0.119. The van der Waals surface area contributed by atoms with Gasteiger partial charge in [0.2, 0.25) is 5.91 Å². The Morgan fingerprint density at radius 1 is 1.35 bits per heavy atom. The van der Waals surface area contributed by atoms with E-state index in [1.807, 2.05) is 0 Å². The average molecular weight is 240 g/mol. The third-order valence-corrected chi connectivity index (χ3v) is 3.79. The summed E-state index contributed by atoms with van der Waals surface area (Å²) >= 11 is 0. The Labute approximate surface area is 101 Å². The van der Waals surface area contributed by atoms with Crippen LogP contribution in [0.3, 0.4) is 0 Å². The van der Waals surface area contributed by atoms with Crippen LogP contribution in [0.15, 0.2) is 0 Å². The van der Waals surface area contributed by atoms with Crippen LogP contribution in [0.5, 0.6) is 0 Å². The third kappa shape index (κ3) is 3.19. The van der Waals surface area contributed by atoms with Crippen molar-refractivity contribution in [2.45, 2.75) is 56.5 Å². The lowest BCUT2D eigenvalue weighted by Crippen LogP contribution is -2.47. The van der Waals surface area contributed by atoms with Gasteiger partial charge in [0.05, 0.1) is 0 Å². The maximum atomic E-state index is 11.8. The van der Waals surface area contributed by atoms with Crippen LogP contribution in [0, 0.1) is 5.92 Å². The molecule has 2 saturated carbocycles. The first-order valence-electron chi connectivity index (χ1n) is 6.31. The van der Waals surface area contributed by atoms with Gasteiger partial charge in [-0.1, -0.05) is 12.8 Å². The molecule has 0 spiro atoms. The van der Waals surface area contributed by atoms with Gasteiger partial charge in [0.15, 0.2) is 0 Å². The normalized spacial score (nSPS) is 24.3. The molecule has 0 radical (unpaired) electrons. The maximum Gasteiger partial charge on any atom is 0.326 e. The van der Waals surface area contributed by atoms with Gasteiger partial charge in [-0.2, -0.15) is 0 Å². The van der Waals surface area contributed by atoms with Gasteiger partial charge in [0, 0.05) is 12.0 Å². The molecule has 2 aliphatic carbocycles. The molecule has 0 aromatic carbocycles. The zero-order valence-corrected chi connectivity index (χ0v) is 9.95. The number of nitrogens with two attached hydrogens (primary N) is 1. The molecule has 17 heavy (non-hydrogen) atoms. The molecule has 5 heteroatoms. The zero-order valence-electron chi connectivity index (χ0n) is 9.95. The SMILES string of the molecule is NC1(CC(=O)NC(C(=O)O)C2CC2)CCCC1. The highest BCUT2D eigenvalue weighted by Crippen LogP contribution is 2.33. The van der Waals surface area contributed by atoms with Crippen molar-refractivity contribution in [3.05, 3.63) is 0 Å². The molecule has 2 fully saturated rings. The van der Waals surface area contributed by atoms with E-state index in [0.29, 0.717) is 0 Å². The van der Waals surface area contributed by atoms with Crippen molar-refractivity contribution in [3.8, 4) is 0 Å². The zero-order chi connectivity index (χ0) is 12.5. The van der Waals surface area contributed by atoms with E-state index < -0.39 is 17.6 Å². The summed E-state index contributed by atoms with van der Waals surface area (Å²) in [6.07, 6.45) is 5.90. The minimum atomic E-state index is -0.932. The van der Waals surface area contributed by atoms with Crippen molar-refractivity contribution in [2.75, 3.05) is 0 Å². The molecule has 5 nitrogen and oxygen atoms in total. The van der Waals surface area contributed by atoms with Crippen molar-refractivity contribution in [2.24, 2.45) is 11.7 Å². The minimum Gasteiger partial charge on any atom is -0.480 e. The van der Waals surface area contributed by atoms with Crippen LogP contribution in [0.25, 0.3) is 0 Å². The molecule has 0 heterocycles. The molecule has 0 aromatic heterocycles. The Morgan fingerprint density at radius 2 is 1.94 bits per heavy atom. The first kappa shape index (κ1) is 12.4. The monoisotopic (exact) mass is 240 g/mol. The van der Waals surface area contributed by atoms with Gasteiger partial charge < -0.3 is 16.2 Å². The summed E-state index contributed by atoms with van der Waals surface area (Å²) in [6.45, 7) is 0. The summed E-state index contributed by atoms with van der Waals surface area (Å²) in [5, 5.41) is 11.6. The molecule has 4 N–H and O–H groups in total. The van der Waals surface area contributed by atoms with E-state index in [1.54, 1.807) is 0 Å². The second-order valence-electron chi connectivity index (χ2n) is 5.47. The quantitative estimate of drug-likeness (QED) is 0.657. The summed E-state index contributed by atoms with van der Waals surface area (Å²) in [4.78, 5) is 22.8. The van der Waals surface area contributed by atoms with Crippen LogP contribution >= 0.6 is 0 Å². The molecular weight excluding hydrogens is 220 g/mol. The third-order valence-electron chi connectivity index (χ3n) is 3.79. The fourth-order valence-corrected chi connectivity index (χ4v) is 2.61. The lowest BCUT2D eigenvalue weighted by atomic mass is 9.94. The van der Waals surface area contributed by atoms with Gasteiger partial charge in [-0.05, 0) is 31.6 Å². The lowest BCUT2D eigenvalue weighted by molar-refractivity contribution is -0.142. The summed E-state index contributed by atoms with van der Waals surface area (Å²) in [5.41, 5.74) is 5.69. The number of hydrogen-bond acceptors (Lipinski definition) is 3. The van der Waals surface area contributed by atoms with E-state index in [2.05, 4.69) is 5.32 Å². The Morgan fingerprint density at radius 3 is 2.41 bits per heavy atom. The smallest absolute Gasteiger partial charge is 0.326 e. The van der Waals surface area contributed by atoms with Gasteiger partial charge in [-0.15, -0.1) is 0 Å². The number of hydrogen-bond donors (Lipinski definition) is 3. The fourth-order valence-electron chi connectivity index (χ4n) is 2.61. The van der Waals surface area contributed by atoms with Gasteiger partial charge in [-0.3, -0.25) is 4.79 Å². The summed E-state index contributed by atoms with van der Waals surface area (Å²) < 4.78 is 0. The number of aliphatic carboxylic acids is 1. The summed E-state index contributed by atoms with van der Waals surface area (Å²) in [6, 6.07) is -0.715. The van der Waals surface area contributed by atoms with E-state index in [0.717, 1.165) is 38.5 Å². The largest absolute Gasteiger partial charge is 0.480 e. The van der Waals surface area contributed by atoms with Crippen molar-refractivity contribution in [1.82, 2.24) is 5.32 Å². The van der Waals surface area contributed by atoms with Gasteiger partial charge in [0.1, 0.15) is 6.04 Å². The van der Waals surface area contributed by atoms with Crippen molar-refractivity contribution >= 4 is 11.9 Å². The molecule has 0 aromatic rings. The Balaban J connectivity index is 1.85. The van der Waals surface area contributed by atoms with Crippen molar-refractivity contribution in [3.63, 3.8) is 0 Å². The van der Waals surface area contributed by atoms with Crippen LogP contribution in [-0.4, -0.2) is 28.6 Å². The van der Waals surface area contributed by atoms with Crippen LogP contribution in [0.1, 0.15) is 44.9 Å². The van der Waals surface area contributed by atoms with E-state index in [1.165, 1.54) is 0 Å². The van der Waals surface area contributed by atoms with Crippen LogP contribution < -0.4 is 11.1 Å². The highest BCUT2D eigenvalue weighted by molar-refractivity contribution is 5.84.